The summed E-state index contributed by atoms with van der Waals surface area (Å²) in [7, 11) is 1.22. The van der Waals surface area contributed by atoms with E-state index in [0.717, 1.165) is 0 Å². The van der Waals surface area contributed by atoms with Crippen molar-refractivity contribution in [1.82, 2.24) is 0 Å². The number of carbonyl (C=O) groups excluding carboxylic acids is 1. The summed E-state index contributed by atoms with van der Waals surface area (Å²) in [4.78, 5) is 9.71. The quantitative estimate of drug-likeness (QED) is 0.320. The van der Waals surface area contributed by atoms with Crippen LogP contribution in [0.4, 0.5) is 0 Å². The van der Waals surface area contributed by atoms with Gasteiger partial charge in [0.2, 0.25) is 0 Å². The third-order valence-corrected chi connectivity index (χ3v) is 0.357. The number of esters is 1. The number of hydrogen-bond acceptors (Lipinski definition) is 3. The molecule has 0 aliphatic carbocycles. The molecule has 0 fully saturated rings. The molecule has 0 saturated carbocycles. The van der Waals surface area contributed by atoms with Gasteiger partial charge >= 0.3 is 5.97 Å². The van der Waals surface area contributed by atoms with E-state index in [1.54, 1.807) is 0 Å². The van der Waals surface area contributed by atoms with E-state index >= 15 is 0 Å². The van der Waals surface area contributed by atoms with Gasteiger partial charge in [0.25, 0.3) is 0 Å². The Labute approximate surface area is 52.4 Å². The fourth-order valence-corrected chi connectivity index (χ4v) is 0.0645. The molecule has 1 N–H and O–H groups in total. The Balaban J connectivity index is 0. The van der Waals surface area contributed by atoms with E-state index in [0.29, 0.717) is 0 Å². The molecule has 0 aromatic carbocycles. The molecule has 0 spiro atoms. The summed E-state index contributed by atoms with van der Waals surface area (Å²) < 4.78 is 4.01. The van der Waals surface area contributed by atoms with Crippen LogP contribution >= 0.6 is 0 Å². The van der Waals surface area contributed by atoms with Crippen molar-refractivity contribution in [3.63, 3.8) is 0 Å². The number of carbonyl (C=O) groups is 1. The molecule has 0 radical (unpaired) electrons. The van der Waals surface area contributed by atoms with Crippen molar-refractivity contribution in [3.05, 3.63) is 0 Å². The molecule has 0 unspecified atom stereocenters. The lowest BCUT2D eigenvalue weighted by molar-refractivity contribution is -0.143. The van der Waals surface area contributed by atoms with Gasteiger partial charge in [0.05, 0.1) is 7.11 Å². The molecule has 0 aromatic heterocycles. The average Bonchev–Trinajstić information content (AvgIpc) is 1.65. The van der Waals surface area contributed by atoms with Gasteiger partial charge in [0.1, 0.15) is 6.61 Å². The molecule has 0 rings (SSSR count). The van der Waals surface area contributed by atoms with E-state index in [1.165, 1.54) is 7.11 Å². The molecule has 0 amide bonds. The molecule has 42 valence electrons. The molecule has 0 saturated heterocycles. The van der Waals surface area contributed by atoms with E-state index in [1.807, 2.05) is 0 Å². The second kappa shape index (κ2) is 5.96. The van der Waals surface area contributed by atoms with Crippen molar-refractivity contribution >= 4 is 23.3 Å². The van der Waals surface area contributed by atoms with Gasteiger partial charge in [-0.3, -0.25) is 0 Å². The smallest absolute Gasteiger partial charge is 0.331 e. The minimum absolute atomic E-state index is 0. The Hall–Kier alpha value is -0.0375. The van der Waals surface area contributed by atoms with Crippen LogP contribution in [0.15, 0.2) is 0 Å². The molecule has 0 aliphatic heterocycles. The zero-order valence-electron chi connectivity index (χ0n) is 3.47. The Bertz CT molecular complexity index is 48.1. The highest BCUT2D eigenvalue weighted by Gasteiger charge is 1.89. The van der Waals surface area contributed by atoms with Gasteiger partial charge in [-0.2, -0.15) is 0 Å². The number of methoxy groups -OCH3 is 1. The summed E-state index contributed by atoms with van der Waals surface area (Å²) in [6.07, 6.45) is 0. The Morgan fingerprint density at radius 1 is 1.86 bits per heavy atom. The number of ether oxygens (including phenoxy) is 1. The van der Waals surface area contributed by atoms with Crippen LogP contribution in [-0.4, -0.2) is 42.2 Å². The van der Waals surface area contributed by atoms with Crippen molar-refractivity contribution in [2.75, 3.05) is 13.7 Å². The third-order valence-electron chi connectivity index (χ3n) is 0.357. The third kappa shape index (κ3) is 5.96. The summed E-state index contributed by atoms with van der Waals surface area (Å²) in [5.74, 6) is -0.602. The minimum Gasteiger partial charge on any atom is -0.467 e. The maximum absolute atomic E-state index is 9.71. The van der Waals surface area contributed by atoms with Crippen molar-refractivity contribution in [1.29, 1.82) is 0 Å². The maximum Gasteiger partial charge on any atom is 0.331 e. The van der Waals surface area contributed by atoms with Gasteiger partial charge < -0.3 is 9.84 Å². The van der Waals surface area contributed by atoms with Crippen LogP contribution in [0.2, 0.25) is 0 Å². The molecule has 7 heavy (non-hydrogen) atoms. The van der Waals surface area contributed by atoms with Crippen LogP contribution in [0.25, 0.3) is 0 Å². The highest BCUT2D eigenvalue weighted by atomic mass is 27.0. The molecule has 0 aliphatic rings. The maximum atomic E-state index is 9.71. The lowest BCUT2D eigenvalue weighted by atomic mass is 10.8. The van der Waals surface area contributed by atoms with Crippen LogP contribution in [0.5, 0.6) is 0 Å². The van der Waals surface area contributed by atoms with Gasteiger partial charge in [-0.15, -0.1) is 0 Å². The van der Waals surface area contributed by atoms with Crippen LogP contribution in [0.1, 0.15) is 0 Å². The average molecular weight is 120 g/mol. The molecule has 0 heterocycles. The van der Waals surface area contributed by atoms with Crippen LogP contribution in [0.3, 0.4) is 0 Å². The summed E-state index contributed by atoms with van der Waals surface area (Å²) >= 11 is 0. The Morgan fingerprint density at radius 3 is 2.29 bits per heavy atom. The Kier molecular flexibility index (Phi) is 8.56. The van der Waals surface area contributed by atoms with Crippen molar-refractivity contribution in [2.24, 2.45) is 0 Å². The van der Waals surface area contributed by atoms with Gasteiger partial charge in [-0.1, -0.05) is 0 Å². The van der Waals surface area contributed by atoms with Crippen molar-refractivity contribution < 1.29 is 14.6 Å². The number of aliphatic hydroxyl groups is 1. The first-order chi connectivity index (χ1) is 2.81. The van der Waals surface area contributed by atoms with Crippen LogP contribution < -0.4 is 0 Å². The highest BCUT2D eigenvalue weighted by molar-refractivity contribution is 5.75. The molecule has 0 aromatic rings. The van der Waals surface area contributed by atoms with Crippen molar-refractivity contribution in [2.45, 2.75) is 0 Å². The summed E-state index contributed by atoms with van der Waals surface area (Å²) in [6, 6.07) is 0. The first kappa shape index (κ1) is 10.1. The SMILES string of the molecule is COC(=O)CO.[AlH3]. The molecular formula is C3H9AlO3. The molecule has 0 bridgehead atoms. The molecule has 3 nitrogen and oxygen atoms in total. The first-order valence-electron chi connectivity index (χ1n) is 1.49. The number of aliphatic hydroxyl groups excluding tert-OH is 1. The van der Waals surface area contributed by atoms with E-state index in [2.05, 4.69) is 4.74 Å². The number of hydrogen-bond donors (Lipinski definition) is 1. The zero-order valence-corrected chi connectivity index (χ0v) is 3.47. The monoisotopic (exact) mass is 120 g/mol. The Morgan fingerprint density at radius 2 is 2.29 bits per heavy atom. The fourth-order valence-electron chi connectivity index (χ4n) is 0.0645. The zero-order chi connectivity index (χ0) is 4.99. The second-order valence-corrected chi connectivity index (χ2v) is 0.734. The number of rotatable bonds is 1. The predicted octanol–water partition coefficient (Wildman–Crippen LogP) is -2.03. The predicted molar refractivity (Wildman–Crippen MR) is 29.0 cm³/mol. The molecule has 4 heteroatoms. The van der Waals surface area contributed by atoms with Gasteiger partial charge in [0.15, 0.2) is 17.4 Å². The topological polar surface area (TPSA) is 46.5 Å². The van der Waals surface area contributed by atoms with E-state index in [-0.39, 0.29) is 17.4 Å². The van der Waals surface area contributed by atoms with E-state index < -0.39 is 12.6 Å². The second-order valence-electron chi connectivity index (χ2n) is 0.734. The van der Waals surface area contributed by atoms with Gasteiger partial charge in [0, 0.05) is 0 Å². The largest absolute Gasteiger partial charge is 0.467 e. The summed E-state index contributed by atoms with van der Waals surface area (Å²) in [5.41, 5.74) is 0. The van der Waals surface area contributed by atoms with Crippen molar-refractivity contribution in [3.8, 4) is 0 Å². The van der Waals surface area contributed by atoms with Gasteiger partial charge in [-0.05, 0) is 0 Å². The highest BCUT2D eigenvalue weighted by Crippen LogP contribution is 1.63. The lowest BCUT2D eigenvalue weighted by Gasteiger charge is -1.86. The summed E-state index contributed by atoms with van der Waals surface area (Å²) in [5, 5.41) is 7.86. The van der Waals surface area contributed by atoms with E-state index in [4.69, 9.17) is 5.11 Å². The first-order valence-corrected chi connectivity index (χ1v) is 1.49. The lowest BCUT2D eigenvalue weighted by Crippen LogP contribution is -2.04. The molecular weight excluding hydrogens is 111 g/mol. The normalized spacial score (nSPS) is 6.57. The van der Waals surface area contributed by atoms with E-state index in [9.17, 15) is 4.79 Å². The van der Waals surface area contributed by atoms with Crippen LogP contribution in [0, 0.1) is 0 Å². The van der Waals surface area contributed by atoms with Crippen LogP contribution in [-0.2, 0) is 9.53 Å². The fraction of sp³-hybridized carbons (Fsp3) is 0.667. The summed E-state index contributed by atoms with van der Waals surface area (Å²) in [6.45, 7) is -0.531. The minimum atomic E-state index is -0.602. The standard InChI is InChI=1S/C3H6O3.Al.3H/c1-6-3(5)2-4;;;;/h4H,2H2,1H3;;;;. The van der Waals surface area contributed by atoms with Gasteiger partial charge in [-0.25, -0.2) is 4.79 Å². The molecule has 0 atom stereocenters.